The molecule has 3 aliphatic rings. The lowest BCUT2D eigenvalue weighted by atomic mass is 9.73. The molecule has 2 aromatic rings. The number of fused-ring (bicyclic) bond motifs is 3. The van der Waals surface area contributed by atoms with Gasteiger partial charge in [0, 0.05) is 41.5 Å². The molecule has 5 nitrogen and oxygen atoms in total. The molecule has 0 saturated carbocycles. The fraction of sp³-hybridized carbons (Fsp3) is 0.583. The molecule has 5 rings (SSSR count). The second kappa shape index (κ2) is 10.9. The van der Waals surface area contributed by atoms with Crippen molar-refractivity contribution in [2.45, 2.75) is 70.4 Å². The number of anilines is 2. The van der Waals surface area contributed by atoms with Gasteiger partial charge in [-0.3, -0.25) is 0 Å². The highest BCUT2D eigenvalue weighted by Gasteiger charge is 2.46. The largest absolute Gasteiger partial charge is 0.325 e. The van der Waals surface area contributed by atoms with Gasteiger partial charge in [-0.15, -0.1) is 37.2 Å². The van der Waals surface area contributed by atoms with Crippen LogP contribution >= 0.6 is 37.2 Å². The van der Waals surface area contributed by atoms with Crippen LogP contribution in [0.15, 0.2) is 24.5 Å². The van der Waals surface area contributed by atoms with Crippen LogP contribution in [0.5, 0.6) is 0 Å². The van der Waals surface area contributed by atoms with Crippen LogP contribution in [-0.4, -0.2) is 35.6 Å². The number of rotatable bonds is 4. The third kappa shape index (κ3) is 4.60. The fourth-order valence-corrected chi connectivity index (χ4v) is 5.69. The first-order chi connectivity index (χ1) is 14.1. The Labute approximate surface area is 210 Å². The van der Waals surface area contributed by atoms with Gasteiger partial charge in [0.15, 0.2) is 0 Å². The Kier molecular flexibility index (Phi) is 9.22. The van der Waals surface area contributed by atoms with Crippen LogP contribution in [0.2, 0.25) is 0 Å². The molecule has 1 aromatic heterocycles. The number of aryl methyl sites for hydroxylation is 1. The van der Waals surface area contributed by atoms with Crippen molar-refractivity contribution >= 4 is 48.7 Å². The molecule has 2 N–H and O–H groups in total. The van der Waals surface area contributed by atoms with E-state index in [4.69, 9.17) is 4.98 Å². The van der Waals surface area contributed by atoms with Crippen LogP contribution in [0.3, 0.4) is 0 Å². The van der Waals surface area contributed by atoms with E-state index in [-0.39, 0.29) is 42.6 Å². The van der Waals surface area contributed by atoms with Gasteiger partial charge in [-0.1, -0.05) is 32.9 Å². The van der Waals surface area contributed by atoms with E-state index in [2.05, 4.69) is 59.5 Å². The maximum Gasteiger partial charge on any atom is 0.140 e. The summed E-state index contributed by atoms with van der Waals surface area (Å²) < 4.78 is 0. The molecule has 32 heavy (non-hydrogen) atoms. The van der Waals surface area contributed by atoms with Crippen LogP contribution in [-0.2, 0) is 18.4 Å². The van der Waals surface area contributed by atoms with Crippen molar-refractivity contribution in [3.8, 4) is 0 Å². The minimum Gasteiger partial charge on any atom is -0.325 e. The SMILES string of the molecule is CC(C)NCc1cccc2c1C1(CCNCC1)CN2c1ncnc2c1[C@H](C)CC2.Cl.Cl.Cl. The molecule has 1 fully saturated rings. The summed E-state index contributed by atoms with van der Waals surface area (Å²) in [4.78, 5) is 12.0. The zero-order valence-electron chi connectivity index (χ0n) is 19.2. The molecular weight excluding hydrogens is 465 g/mol. The Hall–Kier alpha value is -1.11. The summed E-state index contributed by atoms with van der Waals surface area (Å²) >= 11 is 0. The smallest absolute Gasteiger partial charge is 0.140 e. The molecule has 1 aromatic carbocycles. The van der Waals surface area contributed by atoms with Crippen LogP contribution in [0.25, 0.3) is 0 Å². The number of piperidine rings is 1. The van der Waals surface area contributed by atoms with E-state index in [1.165, 1.54) is 41.8 Å². The third-order valence-electron chi connectivity index (χ3n) is 7.18. The molecule has 0 unspecified atom stereocenters. The lowest BCUT2D eigenvalue weighted by Gasteiger charge is -2.36. The van der Waals surface area contributed by atoms with Gasteiger partial charge in [0.1, 0.15) is 12.1 Å². The standard InChI is InChI=1S/C24H33N5.3ClH/c1-16(2)26-13-18-5-4-6-20-22(18)24(9-11-25-12-10-24)14-29(20)23-21-17(3)7-8-19(21)27-15-28-23;;;/h4-6,15-17,25-26H,7-14H2,1-3H3;3*1H/t17-;;;/m1.../s1. The molecule has 0 amide bonds. The van der Waals surface area contributed by atoms with Gasteiger partial charge < -0.3 is 15.5 Å². The molecule has 0 radical (unpaired) electrons. The van der Waals surface area contributed by atoms with Gasteiger partial charge in [-0.25, -0.2) is 9.97 Å². The monoisotopic (exact) mass is 499 g/mol. The van der Waals surface area contributed by atoms with Crippen molar-refractivity contribution in [3.63, 3.8) is 0 Å². The van der Waals surface area contributed by atoms with Crippen molar-refractivity contribution in [1.29, 1.82) is 0 Å². The Morgan fingerprint density at radius 2 is 1.91 bits per heavy atom. The van der Waals surface area contributed by atoms with E-state index < -0.39 is 0 Å². The quantitative estimate of drug-likeness (QED) is 0.614. The van der Waals surface area contributed by atoms with Crippen LogP contribution < -0.4 is 15.5 Å². The van der Waals surface area contributed by atoms with E-state index in [0.717, 1.165) is 38.4 Å². The lowest BCUT2D eigenvalue weighted by Crippen LogP contribution is -2.43. The topological polar surface area (TPSA) is 53.1 Å². The number of nitrogens with one attached hydrogen (secondary N) is 2. The molecule has 0 bridgehead atoms. The summed E-state index contributed by atoms with van der Waals surface area (Å²) in [6, 6.07) is 7.36. The van der Waals surface area contributed by atoms with Crippen molar-refractivity contribution in [2.75, 3.05) is 24.5 Å². The third-order valence-corrected chi connectivity index (χ3v) is 7.18. The van der Waals surface area contributed by atoms with Crippen molar-refractivity contribution in [2.24, 2.45) is 0 Å². The highest BCUT2D eigenvalue weighted by molar-refractivity contribution is 5.86. The Morgan fingerprint density at radius 3 is 2.62 bits per heavy atom. The van der Waals surface area contributed by atoms with Crippen molar-refractivity contribution in [1.82, 2.24) is 20.6 Å². The lowest BCUT2D eigenvalue weighted by molar-refractivity contribution is 0.326. The first-order valence-corrected chi connectivity index (χ1v) is 11.3. The number of benzene rings is 1. The summed E-state index contributed by atoms with van der Waals surface area (Å²) in [5.41, 5.74) is 7.25. The summed E-state index contributed by atoms with van der Waals surface area (Å²) in [7, 11) is 0. The Bertz CT molecular complexity index is 915. The van der Waals surface area contributed by atoms with Crippen molar-refractivity contribution in [3.05, 3.63) is 46.9 Å². The molecule has 8 heteroatoms. The second-order valence-corrected chi connectivity index (χ2v) is 9.46. The molecule has 1 atom stereocenters. The summed E-state index contributed by atoms with van der Waals surface area (Å²) in [5, 5.41) is 7.24. The predicted molar refractivity (Wildman–Crippen MR) is 140 cm³/mol. The minimum absolute atomic E-state index is 0. The summed E-state index contributed by atoms with van der Waals surface area (Å²) in [5.74, 6) is 1.70. The zero-order valence-corrected chi connectivity index (χ0v) is 21.6. The number of aromatic nitrogens is 2. The van der Waals surface area contributed by atoms with Crippen molar-refractivity contribution < 1.29 is 0 Å². The summed E-state index contributed by atoms with van der Waals surface area (Å²) in [6.45, 7) is 10.9. The van der Waals surface area contributed by atoms with E-state index in [9.17, 15) is 0 Å². The number of hydrogen-bond acceptors (Lipinski definition) is 5. The molecule has 2 aliphatic heterocycles. The van der Waals surface area contributed by atoms with Gasteiger partial charge in [-0.05, 0) is 61.9 Å². The van der Waals surface area contributed by atoms with Gasteiger partial charge in [-0.2, -0.15) is 0 Å². The summed E-state index contributed by atoms with van der Waals surface area (Å²) in [6.07, 6.45) is 6.44. The first kappa shape index (κ1) is 27.1. The zero-order chi connectivity index (χ0) is 20.0. The van der Waals surface area contributed by atoms with Gasteiger partial charge in [0.25, 0.3) is 0 Å². The molecule has 1 aliphatic carbocycles. The molecule has 1 saturated heterocycles. The molecule has 1 spiro atoms. The maximum absolute atomic E-state index is 4.85. The van der Waals surface area contributed by atoms with E-state index in [1.807, 2.05) is 0 Å². The molecular formula is C24H36Cl3N5. The Morgan fingerprint density at radius 1 is 1.16 bits per heavy atom. The number of nitrogens with zero attached hydrogens (tertiary/aromatic N) is 3. The number of hydrogen-bond donors (Lipinski definition) is 2. The second-order valence-electron chi connectivity index (χ2n) is 9.46. The fourth-order valence-electron chi connectivity index (χ4n) is 5.69. The molecule has 178 valence electrons. The normalized spacial score (nSPS) is 20.2. The average Bonchev–Trinajstić information content (AvgIpc) is 3.26. The van der Waals surface area contributed by atoms with E-state index in [0.29, 0.717) is 12.0 Å². The van der Waals surface area contributed by atoms with Crippen LogP contribution in [0.1, 0.15) is 68.3 Å². The highest BCUT2D eigenvalue weighted by Crippen LogP contribution is 2.51. The van der Waals surface area contributed by atoms with Gasteiger partial charge >= 0.3 is 0 Å². The maximum atomic E-state index is 4.85. The average molecular weight is 501 g/mol. The minimum atomic E-state index is 0. The first-order valence-electron chi connectivity index (χ1n) is 11.3. The molecule has 3 heterocycles. The predicted octanol–water partition coefficient (Wildman–Crippen LogP) is 5.06. The number of halogens is 3. The van der Waals surface area contributed by atoms with Gasteiger partial charge in [0.05, 0.1) is 0 Å². The van der Waals surface area contributed by atoms with E-state index >= 15 is 0 Å². The Balaban J connectivity index is 0.00000121. The highest BCUT2D eigenvalue weighted by atomic mass is 35.5. The van der Waals surface area contributed by atoms with Crippen LogP contribution in [0.4, 0.5) is 11.5 Å². The van der Waals surface area contributed by atoms with E-state index in [1.54, 1.807) is 11.9 Å². The van der Waals surface area contributed by atoms with Gasteiger partial charge in [0.2, 0.25) is 0 Å². The van der Waals surface area contributed by atoms with Crippen LogP contribution in [0, 0.1) is 0 Å².